The highest BCUT2D eigenvalue weighted by atomic mass is 16.5. The molecule has 3 fully saturated rings. The lowest BCUT2D eigenvalue weighted by atomic mass is 9.85. The normalized spacial score (nSPS) is 41.5. The molecule has 1 saturated carbocycles. The van der Waals surface area contributed by atoms with Crippen molar-refractivity contribution in [1.29, 1.82) is 0 Å². The Labute approximate surface area is 117 Å². The highest BCUT2D eigenvalue weighted by Gasteiger charge is 2.59. The largest absolute Gasteiger partial charge is 0.388 e. The fourth-order valence-corrected chi connectivity index (χ4v) is 4.32. The number of β-amino-alcohol motifs (C(OH)–C–C–N with tert-alkyl or cyclic N) is 1. The van der Waals surface area contributed by atoms with Gasteiger partial charge in [-0.25, -0.2) is 0 Å². The molecule has 4 unspecified atom stereocenters. The van der Waals surface area contributed by atoms with Crippen molar-refractivity contribution in [2.24, 2.45) is 23.7 Å². The molecule has 5 heteroatoms. The van der Waals surface area contributed by atoms with Gasteiger partial charge < -0.3 is 9.84 Å². The van der Waals surface area contributed by atoms with Crippen LogP contribution < -0.4 is 0 Å². The minimum absolute atomic E-state index is 0.0724. The number of aliphatic hydroxyl groups is 1. The molecule has 0 aromatic heterocycles. The number of allylic oxidation sites excluding steroid dienone is 2. The van der Waals surface area contributed by atoms with Crippen LogP contribution in [0.25, 0.3) is 0 Å². The van der Waals surface area contributed by atoms with E-state index in [9.17, 15) is 14.7 Å². The zero-order valence-corrected chi connectivity index (χ0v) is 11.3. The summed E-state index contributed by atoms with van der Waals surface area (Å²) in [5.41, 5.74) is -0.964. The molecule has 0 aromatic rings. The number of fused-ring (bicyclic) bond motifs is 5. The minimum atomic E-state index is -0.964. The summed E-state index contributed by atoms with van der Waals surface area (Å²) in [6, 6.07) is 0. The second-order valence-corrected chi connectivity index (χ2v) is 6.60. The molecule has 4 aliphatic rings. The Hall–Kier alpha value is -1.20. The number of rotatable bonds is 2. The summed E-state index contributed by atoms with van der Waals surface area (Å²) in [6.45, 7) is 1.12. The first-order valence-electron chi connectivity index (χ1n) is 7.43. The number of nitrogens with zero attached hydrogens (tertiary/aromatic N) is 1. The van der Waals surface area contributed by atoms with Gasteiger partial charge in [0.1, 0.15) is 0 Å². The van der Waals surface area contributed by atoms with Gasteiger partial charge in [-0.2, -0.15) is 0 Å². The van der Waals surface area contributed by atoms with Crippen molar-refractivity contribution in [3.63, 3.8) is 0 Å². The van der Waals surface area contributed by atoms with Crippen LogP contribution in [-0.2, 0) is 14.3 Å². The SMILES string of the molecule is O=C1C2C3C=CC(C3)C2C(=O)N1CC1(O)CCOCC1. The van der Waals surface area contributed by atoms with Crippen LogP contribution >= 0.6 is 0 Å². The number of hydrogen-bond donors (Lipinski definition) is 1. The molecule has 2 aliphatic carbocycles. The Morgan fingerprint density at radius 3 is 2.25 bits per heavy atom. The number of carbonyl (C=O) groups is 2. The van der Waals surface area contributed by atoms with Crippen molar-refractivity contribution in [2.45, 2.75) is 24.9 Å². The maximum Gasteiger partial charge on any atom is 0.233 e. The molecule has 0 radical (unpaired) electrons. The van der Waals surface area contributed by atoms with Gasteiger partial charge in [-0.05, 0) is 18.3 Å². The Balaban J connectivity index is 1.55. The highest BCUT2D eigenvalue weighted by Crippen LogP contribution is 2.52. The number of ether oxygens (including phenoxy) is 1. The van der Waals surface area contributed by atoms with E-state index in [1.54, 1.807) is 0 Å². The lowest BCUT2D eigenvalue weighted by molar-refractivity contribution is -0.148. The van der Waals surface area contributed by atoms with Gasteiger partial charge in [-0.1, -0.05) is 12.2 Å². The molecular formula is C15H19NO4. The molecule has 0 aromatic carbocycles. The van der Waals surface area contributed by atoms with E-state index in [0.29, 0.717) is 26.1 Å². The van der Waals surface area contributed by atoms with Crippen LogP contribution in [0.15, 0.2) is 12.2 Å². The number of carbonyl (C=O) groups excluding carboxylic acids is 2. The summed E-state index contributed by atoms with van der Waals surface area (Å²) >= 11 is 0. The zero-order chi connectivity index (χ0) is 13.9. The smallest absolute Gasteiger partial charge is 0.233 e. The molecule has 0 spiro atoms. The third-order valence-corrected chi connectivity index (χ3v) is 5.44. The van der Waals surface area contributed by atoms with E-state index in [4.69, 9.17) is 4.74 Å². The number of likely N-dealkylation sites (tertiary alicyclic amines) is 1. The number of hydrogen-bond acceptors (Lipinski definition) is 4. The molecular weight excluding hydrogens is 258 g/mol. The molecule has 1 N–H and O–H groups in total. The maximum atomic E-state index is 12.5. The van der Waals surface area contributed by atoms with Crippen LogP contribution in [0.4, 0.5) is 0 Å². The third-order valence-electron chi connectivity index (χ3n) is 5.44. The Bertz CT molecular complexity index is 464. The summed E-state index contributed by atoms with van der Waals surface area (Å²) in [4.78, 5) is 26.4. The lowest BCUT2D eigenvalue weighted by Gasteiger charge is -2.35. The maximum absolute atomic E-state index is 12.5. The third kappa shape index (κ3) is 1.63. The van der Waals surface area contributed by atoms with E-state index in [-0.39, 0.29) is 42.0 Å². The molecule has 2 saturated heterocycles. The number of amides is 2. The van der Waals surface area contributed by atoms with Gasteiger partial charge in [-0.3, -0.25) is 14.5 Å². The summed E-state index contributed by atoms with van der Waals surface area (Å²) in [6.07, 6.45) is 6.10. The summed E-state index contributed by atoms with van der Waals surface area (Å²) in [5.74, 6) is -0.0121. The van der Waals surface area contributed by atoms with Crippen LogP contribution in [0.5, 0.6) is 0 Å². The highest BCUT2D eigenvalue weighted by molar-refractivity contribution is 6.06. The van der Waals surface area contributed by atoms with Crippen molar-refractivity contribution in [1.82, 2.24) is 4.90 Å². The monoisotopic (exact) mass is 277 g/mol. The first-order chi connectivity index (χ1) is 9.59. The second-order valence-electron chi connectivity index (χ2n) is 6.60. The van der Waals surface area contributed by atoms with Gasteiger partial charge in [0.05, 0.1) is 24.0 Å². The van der Waals surface area contributed by atoms with E-state index in [0.717, 1.165) is 6.42 Å². The summed E-state index contributed by atoms with van der Waals surface area (Å²) < 4.78 is 5.24. The van der Waals surface area contributed by atoms with E-state index >= 15 is 0 Å². The summed E-state index contributed by atoms with van der Waals surface area (Å²) in [5, 5.41) is 10.5. The molecule has 4 rings (SSSR count). The van der Waals surface area contributed by atoms with Gasteiger partial charge in [0.15, 0.2) is 0 Å². The van der Waals surface area contributed by atoms with Crippen LogP contribution in [0.3, 0.4) is 0 Å². The van der Waals surface area contributed by atoms with Gasteiger partial charge >= 0.3 is 0 Å². The number of imide groups is 1. The Morgan fingerprint density at radius 1 is 1.15 bits per heavy atom. The lowest BCUT2D eigenvalue weighted by Crippen LogP contribution is -2.49. The van der Waals surface area contributed by atoms with Crippen LogP contribution in [0.2, 0.25) is 0 Å². The quantitative estimate of drug-likeness (QED) is 0.583. The van der Waals surface area contributed by atoms with Gasteiger partial charge in [0.2, 0.25) is 11.8 Å². The fraction of sp³-hybridized carbons (Fsp3) is 0.733. The second kappa shape index (κ2) is 4.15. The van der Waals surface area contributed by atoms with Crippen LogP contribution in [0, 0.1) is 23.7 Å². The molecule has 2 amide bonds. The predicted molar refractivity (Wildman–Crippen MR) is 69.4 cm³/mol. The van der Waals surface area contributed by atoms with E-state index in [2.05, 4.69) is 12.2 Å². The molecule has 5 nitrogen and oxygen atoms in total. The predicted octanol–water partition coefficient (Wildman–Crippen LogP) is 0.335. The Morgan fingerprint density at radius 2 is 1.70 bits per heavy atom. The summed E-state index contributed by atoms with van der Waals surface area (Å²) in [7, 11) is 0. The van der Waals surface area contributed by atoms with Crippen molar-refractivity contribution in [3.05, 3.63) is 12.2 Å². The fourth-order valence-electron chi connectivity index (χ4n) is 4.32. The van der Waals surface area contributed by atoms with Crippen molar-refractivity contribution in [3.8, 4) is 0 Å². The van der Waals surface area contributed by atoms with Crippen molar-refractivity contribution in [2.75, 3.05) is 19.8 Å². The van der Waals surface area contributed by atoms with Crippen LogP contribution in [0.1, 0.15) is 19.3 Å². The molecule has 2 heterocycles. The van der Waals surface area contributed by atoms with Crippen molar-refractivity contribution < 1.29 is 19.4 Å². The average molecular weight is 277 g/mol. The molecule has 2 aliphatic heterocycles. The standard InChI is InChI=1S/C15H19NO4/c17-13-11-9-1-2-10(7-9)12(11)14(18)16(13)8-15(19)3-5-20-6-4-15/h1-2,9-12,19H,3-8H2. The molecule has 20 heavy (non-hydrogen) atoms. The first-order valence-corrected chi connectivity index (χ1v) is 7.43. The molecule has 108 valence electrons. The van der Waals surface area contributed by atoms with Gasteiger partial charge in [0, 0.05) is 26.1 Å². The molecule has 2 bridgehead atoms. The van der Waals surface area contributed by atoms with E-state index in [1.807, 2.05) is 0 Å². The van der Waals surface area contributed by atoms with Gasteiger partial charge in [-0.15, -0.1) is 0 Å². The van der Waals surface area contributed by atoms with Crippen molar-refractivity contribution >= 4 is 11.8 Å². The van der Waals surface area contributed by atoms with E-state index < -0.39 is 5.60 Å². The minimum Gasteiger partial charge on any atom is -0.388 e. The average Bonchev–Trinajstić information content (AvgIpc) is 3.09. The Kier molecular flexibility index (Phi) is 2.60. The van der Waals surface area contributed by atoms with Crippen LogP contribution in [-0.4, -0.2) is 47.2 Å². The first kappa shape index (κ1) is 12.5. The topological polar surface area (TPSA) is 66.8 Å². The molecule has 4 atom stereocenters. The van der Waals surface area contributed by atoms with E-state index in [1.165, 1.54) is 4.90 Å². The van der Waals surface area contributed by atoms with Gasteiger partial charge in [0.25, 0.3) is 0 Å². The zero-order valence-electron chi connectivity index (χ0n) is 11.3.